The Hall–Kier alpha value is -1.88. The number of nitrogens with zero attached hydrogens (tertiary/aromatic N) is 2. The van der Waals surface area contributed by atoms with Crippen LogP contribution in [0.1, 0.15) is 18.7 Å². The number of hydrogen-bond acceptors (Lipinski definition) is 3. The van der Waals surface area contributed by atoms with Gasteiger partial charge in [0.25, 0.3) is 0 Å². The van der Waals surface area contributed by atoms with E-state index in [1.54, 1.807) is 0 Å². The number of ether oxygens (including phenoxy) is 1. The van der Waals surface area contributed by atoms with Crippen LogP contribution in [0.5, 0.6) is 5.75 Å². The van der Waals surface area contributed by atoms with E-state index in [2.05, 4.69) is 4.99 Å². The van der Waals surface area contributed by atoms with E-state index in [-0.39, 0.29) is 5.91 Å². The van der Waals surface area contributed by atoms with Gasteiger partial charge in [0.1, 0.15) is 5.75 Å². The lowest BCUT2D eigenvalue weighted by atomic mass is 10.1. The molecule has 0 spiro atoms. The molecule has 2 aromatic rings. The summed E-state index contributed by atoms with van der Waals surface area (Å²) in [7, 11) is 1.93. The van der Waals surface area contributed by atoms with Crippen molar-refractivity contribution >= 4 is 17.2 Å². The topological polar surface area (TPSA) is 43.6 Å². The minimum absolute atomic E-state index is 0.180. The first kappa shape index (κ1) is 14.5. The Morgan fingerprint density at radius 3 is 2.55 bits per heavy atom. The van der Waals surface area contributed by atoms with Crippen LogP contribution in [0, 0.1) is 6.92 Å². The Morgan fingerprint density at radius 1 is 1.35 bits per heavy atom. The van der Waals surface area contributed by atoms with Crippen molar-refractivity contribution in [1.29, 1.82) is 0 Å². The maximum absolute atomic E-state index is 11.1. The van der Waals surface area contributed by atoms with E-state index in [9.17, 15) is 4.79 Å². The molecular weight excluding hydrogens is 272 g/mol. The van der Waals surface area contributed by atoms with Crippen LogP contribution in [0.3, 0.4) is 0 Å². The largest absolute Gasteiger partial charge is 0.494 e. The molecule has 0 aliphatic heterocycles. The molecule has 0 aliphatic carbocycles. The molecular formula is C15H18N2O2S. The van der Waals surface area contributed by atoms with E-state index in [4.69, 9.17) is 4.74 Å². The maximum Gasteiger partial charge on any atom is 0.245 e. The third kappa shape index (κ3) is 2.99. The molecule has 0 bridgehead atoms. The molecule has 0 saturated carbocycles. The van der Waals surface area contributed by atoms with E-state index in [0.717, 1.165) is 26.7 Å². The van der Waals surface area contributed by atoms with Crippen molar-refractivity contribution in [3.05, 3.63) is 33.9 Å². The first-order chi connectivity index (χ1) is 9.52. The van der Waals surface area contributed by atoms with E-state index < -0.39 is 0 Å². The Morgan fingerprint density at radius 2 is 2.00 bits per heavy atom. The van der Waals surface area contributed by atoms with Crippen molar-refractivity contribution in [2.45, 2.75) is 20.8 Å². The summed E-state index contributed by atoms with van der Waals surface area (Å²) in [4.78, 5) is 17.0. The summed E-state index contributed by atoms with van der Waals surface area (Å²) in [5.74, 6) is 0.681. The zero-order chi connectivity index (χ0) is 14.7. The van der Waals surface area contributed by atoms with Crippen molar-refractivity contribution in [2.75, 3.05) is 6.61 Å². The summed E-state index contributed by atoms with van der Waals surface area (Å²) < 4.78 is 7.40. The third-order valence-corrected chi connectivity index (χ3v) is 3.94. The van der Waals surface area contributed by atoms with Crippen molar-refractivity contribution in [3.8, 4) is 17.0 Å². The van der Waals surface area contributed by atoms with Crippen molar-refractivity contribution in [3.63, 3.8) is 0 Å². The summed E-state index contributed by atoms with van der Waals surface area (Å²) in [6.07, 6.45) is 0. The maximum atomic E-state index is 11.1. The minimum atomic E-state index is -0.180. The summed E-state index contributed by atoms with van der Waals surface area (Å²) in [6.45, 7) is 6.12. The minimum Gasteiger partial charge on any atom is -0.494 e. The smallest absolute Gasteiger partial charge is 0.245 e. The fourth-order valence-corrected chi connectivity index (χ4v) is 3.12. The average Bonchev–Trinajstić information content (AvgIpc) is 2.65. The van der Waals surface area contributed by atoms with Gasteiger partial charge in [-0.15, -0.1) is 11.3 Å². The quantitative estimate of drug-likeness (QED) is 0.872. The lowest BCUT2D eigenvalue weighted by Gasteiger charge is -2.07. The van der Waals surface area contributed by atoms with Crippen molar-refractivity contribution in [1.82, 2.24) is 4.57 Å². The monoisotopic (exact) mass is 290 g/mol. The molecule has 0 aliphatic rings. The van der Waals surface area contributed by atoms with Gasteiger partial charge < -0.3 is 9.30 Å². The number of aromatic nitrogens is 1. The predicted molar refractivity (Wildman–Crippen MR) is 80.9 cm³/mol. The number of carbonyl (C=O) groups excluding carboxylic acids is 1. The van der Waals surface area contributed by atoms with Crippen LogP contribution >= 0.6 is 11.3 Å². The highest BCUT2D eigenvalue weighted by Crippen LogP contribution is 2.26. The van der Waals surface area contributed by atoms with Gasteiger partial charge in [-0.25, -0.2) is 0 Å². The number of aryl methyl sites for hydroxylation is 1. The molecule has 0 N–H and O–H groups in total. The van der Waals surface area contributed by atoms with E-state index in [0.29, 0.717) is 6.61 Å². The van der Waals surface area contributed by atoms with Crippen molar-refractivity contribution in [2.24, 2.45) is 12.0 Å². The lowest BCUT2D eigenvalue weighted by molar-refractivity contribution is -0.116. The zero-order valence-corrected chi connectivity index (χ0v) is 13.0. The van der Waals surface area contributed by atoms with Gasteiger partial charge in [-0.3, -0.25) is 4.79 Å². The molecule has 1 aromatic heterocycles. The molecule has 106 valence electrons. The number of hydrogen-bond donors (Lipinski definition) is 0. The second kappa shape index (κ2) is 6.05. The molecule has 5 heteroatoms. The normalized spacial score (nSPS) is 11.7. The Bertz CT molecular complexity index is 681. The first-order valence-corrected chi connectivity index (χ1v) is 7.29. The van der Waals surface area contributed by atoms with Gasteiger partial charge in [-0.1, -0.05) is 0 Å². The SMILES string of the molecule is CCOc1ccc(-c2c(C)sc(=NC(C)=O)n2C)cc1. The van der Waals surface area contributed by atoms with Crippen LogP contribution in [0.15, 0.2) is 29.3 Å². The molecule has 1 amide bonds. The highest BCUT2D eigenvalue weighted by molar-refractivity contribution is 7.09. The molecule has 0 radical (unpaired) electrons. The Kier molecular flexibility index (Phi) is 4.39. The van der Waals surface area contributed by atoms with E-state index >= 15 is 0 Å². The van der Waals surface area contributed by atoms with Crippen LogP contribution in [0.4, 0.5) is 0 Å². The number of thiazole rings is 1. The van der Waals surface area contributed by atoms with E-state index in [1.165, 1.54) is 18.3 Å². The first-order valence-electron chi connectivity index (χ1n) is 6.48. The molecule has 1 heterocycles. The Balaban J connectivity index is 2.47. The second-order valence-electron chi connectivity index (χ2n) is 4.44. The number of amides is 1. The van der Waals surface area contributed by atoms with Crippen LogP contribution in [-0.4, -0.2) is 17.1 Å². The fraction of sp³-hybridized carbons (Fsp3) is 0.333. The zero-order valence-electron chi connectivity index (χ0n) is 12.1. The number of benzene rings is 1. The lowest BCUT2D eigenvalue weighted by Crippen LogP contribution is -2.13. The van der Waals surface area contributed by atoms with Gasteiger partial charge in [0, 0.05) is 18.8 Å². The number of rotatable bonds is 3. The number of carbonyl (C=O) groups is 1. The standard InChI is InChI=1S/C15H18N2O2S/c1-5-19-13-8-6-12(7-9-13)14-10(2)20-15(17(14)4)16-11(3)18/h6-9H,5H2,1-4H3. The molecule has 0 atom stereocenters. The molecule has 2 rings (SSSR count). The molecule has 4 nitrogen and oxygen atoms in total. The predicted octanol–water partition coefficient (Wildman–Crippen LogP) is 2.91. The highest BCUT2D eigenvalue weighted by atomic mass is 32.1. The van der Waals surface area contributed by atoms with Crippen LogP contribution in [-0.2, 0) is 11.8 Å². The highest BCUT2D eigenvalue weighted by Gasteiger charge is 2.10. The van der Waals surface area contributed by atoms with Crippen LogP contribution in [0.2, 0.25) is 0 Å². The van der Waals surface area contributed by atoms with Gasteiger partial charge in [0.15, 0.2) is 4.80 Å². The summed E-state index contributed by atoms with van der Waals surface area (Å²) >= 11 is 1.52. The second-order valence-corrected chi connectivity index (χ2v) is 5.62. The van der Waals surface area contributed by atoms with Gasteiger partial charge >= 0.3 is 0 Å². The molecule has 0 unspecified atom stereocenters. The van der Waals surface area contributed by atoms with Crippen LogP contribution in [0.25, 0.3) is 11.3 Å². The van der Waals surface area contributed by atoms with Gasteiger partial charge in [-0.05, 0) is 43.7 Å². The van der Waals surface area contributed by atoms with Gasteiger partial charge in [0.2, 0.25) is 5.91 Å². The third-order valence-electron chi connectivity index (χ3n) is 2.89. The van der Waals surface area contributed by atoms with Gasteiger partial charge in [-0.2, -0.15) is 4.99 Å². The van der Waals surface area contributed by atoms with Crippen LogP contribution < -0.4 is 9.54 Å². The molecule has 20 heavy (non-hydrogen) atoms. The summed E-state index contributed by atoms with van der Waals surface area (Å²) in [5.41, 5.74) is 2.17. The average molecular weight is 290 g/mol. The summed E-state index contributed by atoms with van der Waals surface area (Å²) in [5, 5.41) is 0. The molecule has 0 saturated heterocycles. The molecule has 0 fully saturated rings. The van der Waals surface area contributed by atoms with E-state index in [1.807, 2.05) is 49.7 Å². The Labute approximate surface area is 122 Å². The molecule has 1 aromatic carbocycles. The van der Waals surface area contributed by atoms with Crippen molar-refractivity contribution < 1.29 is 9.53 Å². The van der Waals surface area contributed by atoms with Gasteiger partial charge in [0.05, 0.1) is 12.3 Å². The summed E-state index contributed by atoms with van der Waals surface area (Å²) in [6, 6.07) is 7.96. The fourth-order valence-electron chi connectivity index (χ4n) is 2.09.